The number of rotatable bonds is 2. The van der Waals surface area contributed by atoms with Gasteiger partial charge in [0, 0.05) is 19.0 Å². The topological polar surface area (TPSA) is 59.5 Å². The van der Waals surface area contributed by atoms with Gasteiger partial charge >= 0.3 is 0 Å². The molecule has 118 valence electrons. The van der Waals surface area contributed by atoms with Crippen molar-refractivity contribution in [1.29, 1.82) is 0 Å². The van der Waals surface area contributed by atoms with E-state index in [0.29, 0.717) is 24.4 Å². The zero-order valence-corrected chi connectivity index (χ0v) is 13.0. The van der Waals surface area contributed by atoms with Crippen LogP contribution in [0.4, 0.5) is 0 Å². The predicted octanol–water partition coefficient (Wildman–Crippen LogP) is 3.75. The number of aromatic nitrogens is 1. The molecule has 3 aromatic rings. The quantitative estimate of drug-likeness (QED) is 0.723. The molecule has 0 radical (unpaired) electrons. The normalized spacial score (nSPS) is 16.1. The van der Waals surface area contributed by atoms with E-state index in [1.807, 2.05) is 36.1 Å². The summed E-state index contributed by atoms with van der Waals surface area (Å²) in [4.78, 5) is 19.0. The van der Waals surface area contributed by atoms with E-state index in [2.05, 4.69) is 4.98 Å². The summed E-state index contributed by atoms with van der Waals surface area (Å²) in [5.41, 5.74) is 2.38. The van der Waals surface area contributed by atoms with E-state index in [1.54, 1.807) is 12.3 Å². The number of aryl methyl sites for hydroxylation is 1. The number of furan rings is 1. The van der Waals surface area contributed by atoms with Gasteiger partial charge in [0.05, 0.1) is 11.8 Å². The van der Waals surface area contributed by atoms with Gasteiger partial charge in [0.1, 0.15) is 11.3 Å². The summed E-state index contributed by atoms with van der Waals surface area (Å²) in [6, 6.07) is 9.55. The van der Waals surface area contributed by atoms with E-state index in [1.165, 1.54) is 0 Å². The molecular formula is C18H18N2O3. The van der Waals surface area contributed by atoms with Gasteiger partial charge in [-0.3, -0.25) is 4.79 Å². The van der Waals surface area contributed by atoms with Crippen molar-refractivity contribution in [3.8, 4) is 0 Å². The maximum Gasteiger partial charge on any atom is 0.257 e. The molecule has 0 bridgehead atoms. The number of hydrogen-bond donors (Lipinski definition) is 0. The fraction of sp³-hybridized carbons (Fsp3) is 0.333. The van der Waals surface area contributed by atoms with Crippen LogP contribution in [-0.2, 0) is 0 Å². The van der Waals surface area contributed by atoms with Crippen LogP contribution in [0.25, 0.3) is 11.1 Å². The lowest BCUT2D eigenvalue weighted by Gasteiger charge is -2.30. The number of nitrogens with zero attached hydrogens (tertiary/aromatic N) is 2. The molecule has 0 atom stereocenters. The highest BCUT2D eigenvalue weighted by Crippen LogP contribution is 2.30. The highest BCUT2D eigenvalue weighted by molar-refractivity contribution is 5.95. The number of amides is 1. The number of carbonyl (C=O) groups is 1. The van der Waals surface area contributed by atoms with Gasteiger partial charge in [-0.2, -0.15) is 0 Å². The first-order chi connectivity index (χ1) is 11.2. The molecule has 0 N–H and O–H groups in total. The van der Waals surface area contributed by atoms with Gasteiger partial charge in [0.2, 0.25) is 0 Å². The van der Waals surface area contributed by atoms with Crippen LogP contribution >= 0.6 is 0 Å². The van der Waals surface area contributed by atoms with Gasteiger partial charge in [-0.15, -0.1) is 0 Å². The first-order valence-corrected chi connectivity index (χ1v) is 7.91. The minimum absolute atomic E-state index is 0.0484. The fourth-order valence-corrected chi connectivity index (χ4v) is 3.17. The first-order valence-electron chi connectivity index (χ1n) is 7.91. The van der Waals surface area contributed by atoms with Crippen LogP contribution in [-0.4, -0.2) is 28.9 Å². The van der Waals surface area contributed by atoms with Crippen molar-refractivity contribution >= 4 is 17.0 Å². The first kappa shape index (κ1) is 14.1. The van der Waals surface area contributed by atoms with Crippen molar-refractivity contribution < 1.29 is 13.6 Å². The van der Waals surface area contributed by atoms with Crippen LogP contribution in [0.15, 0.2) is 45.4 Å². The molecular weight excluding hydrogens is 292 g/mol. The lowest BCUT2D eigenvalue weighted by atomic mass is 9.96. The third-order valence-electron chi connectivity index (χ3n) is 4.53. The second kappa shape index (κ2) is 5.57. The third kappa shape index (κ3) is 2.52. The minimum atomic E-state index is 0.0484. The van der Waals surface area contributed by atoms with Gasteiger partial charge in [0.15, 0.2) is 11.5 Å². The van der Waals surface area contributed by atoms with Crippen molar-refractivity contribution in [2.45, 2.75) is 25.7 Å². The molecule has 1 aromatic carbocycles. The van der Waals surface area contributed by atoms with Crippen LogP contribution in [0.5, 0.6) is 0 Å². The second-order valence-corrected chi connectivity index (χ2v) is 5.98. The molecule has 1 saturated heterocycles. The Morgan fingerprint density at radius 1 is 1.22 bits per heavy atom. The molecule has 0 spiro atoms. The molecule has 2 aromatic heterocycles. The summed E-state index contributed by atoms with van der Waals surface area (Å²) in [7, 11) is 0. The molecule has 4 rings (SSSR count). The zero-order valence-electron chi connectivity index (χ0n) is 13.0. The molecule has 0 aliphatic carbocycles. The van der Waals surface area contributed by atoms with Gasteiger partial charge in [0.25, 0.3) is 5.91 Å². The molecule has 0 unspecified atom stereocenters. The van der Waals surface area contributed by atoms with Crippen molar-refractivity contribution in [2.24, 2.45) is 0 Å². The van der Waals surface area contributed by atoms with Gasteiger partial charge in [-0.1, -0.05) is 12.1 Å². The number of likely N-dealkylation sites (tertiary alicyclic amines) is 1. The molecule has 5 heteroatoms. The number of oxazole rings is 1. The minimum Gasteiger partial charge on any atom is -0.469 e. The molecule has 1 amide bonds. The average molecular weight is 310 g/mol. The van der Waals surface area contributed by atoms with Gasteiger partial charge < -0.3 is 13.7 Å². The van der Waals surface area contributed by atoms with E-state index in [0.717, 1.165) is 29.8 Å². The number of hydrogen-bond acceptors (Lipinski definition) is 4. The number of piperidine rings is 1. The Kier molecular flexibility index (Phi) is 3.41. The van der Waals surface area contributed by atoms with Crippen molar-refractivity contribution in [3.05, 3.63) is 53.8 Å². The van der Waals surface area contributed by atoms with Crippen molar-refractivity contribution in [2.75, 3.05) is 13.1 Å². The number of benzene rings is 1. The van der Waals surface area contributed by atoms with Gasteiger partial charge in [-0.05, 0) is 38.0 Å². The summed E-state index contributed by atoms with van der Waals surface area (Å²) in [5.74, 6) is 1.79. The van der Waals surface area contributed by atoms with E-state index < -0.39 is 0 Å². The maximum absolute atomic E-state index is 12.5. The Labute approximate surface area is 133 Å². The monoisotopic (exact) mass is 310 g/mol. The highest BCUT2D eigenvalue weighted by atomic mass is 16.3. The fourth-order valence-electron chi connectivity index (χ4n) is 3.17. The Morgan fingerprint density at radius 2 is 2.00 bits per heavy atom. The Bertz CT molecular complexity index is 808. The maximum atomic E-state index is 12.5. The SMILES string of the molecule is Cc1occc1C(=O)N1CCC(c2nc3ccccc3o2)CC1. The molecule has 1 fully saturated rings. The Balaban J connectivity index is 1.46. The zero-order chi connectivity index (χ0) is 15.8. The van der Waals surface area contributed by atoms with Crippen molar-refractivity contribution in [1.82, 2.24) is 9.88 Å². The number of fused-ring (bicyclic) bond motifs is 1. The van der Waals surface area contributed by atoms with Crippen molar-refractivity contribution in [3.63, 3.8) is 0 Å². The summed E-state index contributed by atoms with van der Waals surface area (Å²) in [5, 5.41) is 0. The van der Waals surface area contributed by atoms with Crippen LogP contribution in [0.3, 0.4) is 0 Å². The smallest absolute Gasteiger partial charge is 0.257 e. The Morgan fingerprint density at radius 3 is 2.70 bits per heavy atom. The van der Waals surface area contributed by atoms with Crippen LogP contribution in [0.1, 0.15) is 40.8 Å². The summed E-state index contributed by atoms with van der Waals surface area (Å²) >= 11 is 0. The largest absolute Gasteiger partial charge is 0.469 e. The van der Waals surface area contributed by atoms with Crippen LogP contribution in [0.2, 0.25) is 0 Å². The molecule has 0 saturated carbocycles. The number of carbonyl (C=O) groups excluding carboxylic acids is 1. The lowest BCUT2D eigenvalue weighted by Crippen LogP contribution is -2.38. The van der Waals surface area contributed by atoms with E-state index in [9.17, 15) is 4.79 Å². The van der Waals surface area contributed by atoms with Gasteiger partial charge in [-0.25, -0.2) is 4.98 Å². The number of para-hydroxylation sites is 2. The molecule has 5 nitrogen and oxygen atoms in total. The standard InChI is InChI=1S/C18H18N2O3/c1-12-14(8-11-22-12)18(21)20-9-6-13(7-10-20)17-19-15-4-2-3-5-16(15)23-17/h2-5,8,11,13H,6-7,9-10H2,1H3. The summed E-state index contributed by atoms with van der Waals surface area (Å²) in [6.45, 7) is 3.25. The highest BCUT2D eigenvalue weighted by Gasteiger charge is 2.28. The molecule has 23 heavy (non-hydrogen) atoms. The molecule has 1 aliphatic rings. The summed E-state index contributed by atoms with van der Waals surface area (Å²) < 4.78 is 11.1. The Hall–Kier alpha value is -2.56. The second-order valence-electron chi connectivity index (χ2n) is 5.98. The van der Waals surface area contributed by atoms with Crippen LogP contribution < -0.4 is 0 Å². The molecule has 1 aliphatic heterocycles. The third-order valence-corrected chi connectivity index (χ3v) is 4.53. The van der Waals surface area contributed by atoms with E-state index in [-0.39, 0.29) is 11.8 Å². The van der Waals surface area contributed by atoms with E-state index >= 15 is 0 Å². The summed E-state index contributed by atoms with van der Waals surface area (Å²) in [6.07, 6.45) is 3.30. The predicted molar refractivity (Wildman–Crippen MR) is 85.3 cm³/mol. The van der Waals surface area contributed by atoms with E-state index in [4.69, 9.17) is 8.83 Å². The lowest BCUT2D eigenvalue weighted by molar-refractivity contribution is 0.0705. The van der Waals surface area contributed by atoms with Crippen LogP contribution in [0, 0.1) is 6.92 Å². The molecule has 3 heterocycles. The average Bonchev–Trinajstić information content (AvgIpc) is 3.20.